The molecule has 0 aliphatic heterocycles. The molecule has 0 unspecified atom stereocenters. The topological polar surface area (TPSA) is 0 Å². The maximum absolute atomic E-state index is 12.1. The van der Waals surface area contributed by atoms with Gasteiger partial charge < -0.3 is 0 Å². The molecule has 0 spiro atoms. The lowest BCUT2D eigenvalue weighted by molar-refractivity contribution is -0.0836. The zero-order valence-electron chi connectivity index (χ0n) is 7.40. The highest BCUT2D eigenvalue weighted by Crippen LogP contribution is 2.30. The standard InChI is InChI=1S/C9H6ClF3/c10-8(9(11,12)13)6-7-4-2-1-3-5-7/h1-6H/b8-6-/i6D. The molecule has 4 heteroatoms. The second-order valence-corrected chi connectivity index (χ2v) is 2.68. The fraction of sp³-hybridized carbons (Fsp3) is 0.111. The summed E-state index contributed by atoms with van der Waals surface area (Å²) in [5.41, 5.74) is 0.148. The van der Waals surface area contributed by atoms with E-state index in [-0.39, 0.29) is 5.56 Å². The molecule has 0 aliphatic rings. The third-order valence-corrected chi connectivity index (χ3v) is 1.59. The first kappa shape index (κ1) is 8.63. The van der Waals surface area contributed by atoms with E-state index in [9.17, 15) is 13.2 Å². The Morgan fingerprint density at radius 1 is 1.31 bits per heavy atom. The van der Waals surface area contributed by atoms with Crippen LogP contribution in [0.2, 0.25) is 0 Å². The minimum atomic E-state index is -4.66. The molecular weight excluding hydrogens is 201 g/mol. The highest BCUT2D eigenvalue weighted by Gasteiger charge is 2.32. The second-order valence-electron chi connectivity index (χ2n) is 2.30. The van der Waals surface area contributed by atoms with Gasteiger partial charge in [-0.25, -0.2) is 0 Å². The van der Waals surface area contributed by atoms with Gasteiger partial charge in [0, 0.05) is 0 Å². The van der Waals surface area contributed by atoms with Gasteiger partial charge in [-0.15, -0.1) is 0 Å². The second kappa shape index (κ2) is 3.83. The van der Waals surface area contributed by atoms with Crippen LogP contribution in [0.1, 0.15) is 6.93 Å². The molecule has 0 aliphatic carbocycles. The molecule has 0 saturated heterocycles. The Balaban J connectivity index is 3.12. The average molecular weight is 208 g/mol. The van der Waals surface area contributed by atoms with E-state index in [0.29, 0.717) is 0 Å². The zero-order valence-corrected chi connectivity index (χ0v) is 7.15. The summed E-state index contributed by atoms with van der Waals surface area (Å²) in [5, 5.41) is -1.40. The van der Waals surface area contributed by atoms with Crippen LogP contribution in [0.3, 0.4) is 0 Å². The van der Waals surface area contributed by atoms with Gasteiger partial charge >= 0.3 is 6.18 Å². The highest BCUT2D eigenvalue weighted by molar-refractivity contribution is 6.32. The molecule has 0 atom stereocenters. The lowest BCUT2D eigenvalue weighted by Gasteiger charge is -2.03. The number of hydrogen-bond acceptors (Lipinski definition) is 0. The van der Waals surface area contributed by atoms with Crippen LogP contribution in [0.4, 0.5) is 13.2 Å². The van der Waals surface area contributed by atoms with Gasteiger partial charge in [-0.1, -0.05) is 41.9 Å². The van der Waals surface area contributed by atoms with Gasteiger partial charge in [-0.05, 0) is 11.6 Å². The van der Waals surface area contributed by atoms with Crippen molar-refractivity contribution in [2.24, 2.45) is 0 Å². The minimum Gasteiger partial charge on any atom is -0.165 e. The summed E-state index contributed by atoms with van der Waals surface area (Å²) in [6.45, 7) is 0. The van der Waals surface area contributed by atoms with E-state index >= 15 is 0 Å². The Morgan fingerprint density at radius 2 is 1.85 bits per heavy atom. The van der Waals surface area contributed by atoms with Crippen molar-refractivity contribution in [1.29, 1.82) is 0 Å². The van der Waals surface area contributed by atoms with Crippen molar-refractivity contribution in [3.63, 3.8) is 0 Å². The van der Waals surface area contributed by atoms with Gasteiger partial charge in [-0.2, -0.15) is 13.2 Å². The predicted molar refractivity (Wildman–Crippen MR) is 46.3 cm³/mol. The zero-order chi connectivity index (χ0) is 10.8. The molecule has 0 aromatic heterocycles. The summed E-state index contributed by atoms with van der Waals surface area (Å²) in [6, 6.07) is 6.83. The number of allylic oxidation sites excluding steroid dienone is 1. The molecule has 1 rings (SSSR count). The lowest BCUT2D eigenvalue weighted by Crippen LogP contribution is -2.06. The molecule has 0 heterocycles. The minimum absolute atomic E-state index is 0.148. The van der Waals surface area contributed by atoms with Crippen LogP contribution in [-0.2, 0) is 0 Å². The van der Waals surface area contributed by atoms with Crippen LogP contribution in [0.5, 0.6) is 0 Å². The van der Waals surface area contributed by atoms with E-state index in [0.717, 1.165) is 0 Å². The van der Waals surface area contributed by atoms with E-state index < -0.39 is 17.3 Å². The first-order valence-corrected chi connectivity index (χ1v) is 3.79. The van der Waals surface area contributed by atoms with Crippen molar-refractivity contribution in [3.8, 4) is 0 Å². The summed E-state index contributed by atoms with van der Waals surface area (Å²) in [6.07, 6.45) is -4.66. The van der Waals surface area contributed by atoms with E-state index in [1.54, 1.807) is 18.2 Å². The van der Waals surface area contributed by atoms with E-state index in [1.807, 2.05) is 0 Å². The molecule has 70 valence electrons. The molecule has 0 radical (unpaired) electrons. The quantitative estimate of drug-likeness (QED) is 0.657. The normalized spacial score (nSPS) is 14.9. The molecule has 0 fully saturated rings. The monoisotopic (exact) mass is 207 g/mol. The fourth-order valence-corrected chi connectivity index (χ4v) is 0.828. The Hall–Kier alpha value is -0.960. The first-order chi connectivity index (χ1) is 6.43. The molecule has 0 amide bonds. The molecule has 1 aromatic rings. The summed E-state index contributed by atoms with van der Waals surface area (Å²) in [4.78, 5) is 0. The third-order valence-electron chi connectivity index (χ3n) is 1.28. The van der Waals surface area contributed by atoms with Crippen LogP contribution < -0.4 is 0 Å². The Kier molecular flexibility index (Phi) is 2.54. The molecule has 0 N–H and O–H groups in total. The predicted octanol–water partition coefficient (Wildman–Crippen LogP) is 3.83. The van der Waals surface area contributed by atoms with Crippen molar-refractivity contribution in [2.75, 3.05) is 0 Å². The SMILES string of the molecule is [2H]/C(=C(/Cl)C(F)(F)F)c1ccccc1. The molecular formula is C9H6ClF3. The average Bonchev–Trinajstić information content (AvgIpc) is 2.15. The molecule has 0 saturated carbocycles. The summed E-state index contributed by atoms with van der Waals surface area (Å²) >= 11 is 5.01. The van der Waals surface area contributed by atoms with Crippen LogP contribution in [-0.4, -0.2) is 6.18 Å². The first-order valence-electron chi connectivity index (χ1n) is 3.92. The Labute approximate surface area is 80.0 Å². The third kappa shape index (κ3) is 3.11. The molecule has 1 aromatic carbocycles. The van der Waals surface area contributed by atoms with E-state index in [4.69, 9.17) is 13.0 Å². The van der Waals surface area contributed by atoms with Crippen molar-refractivity contribution in [1.82, 2.24) is 0 Å². The van der Waals surface area contributed by atoms with Gasteiger partial charge in [0.15, 0.2) is 0 Å². The van der Waals surface area contributed by atoms with Gasteiger partial charge in [0.1, 0.15) is 5.03 Å². The highest BCUT2D eigenvalue weighted by atomic mass is 35.5. The largest absolute Gasteiger partial charge is 0.426 e. The van der Waals surface area contributed by atoms with Crippen molar-refractivity contribution in [2.45, 2.75) is 6.18 Å². The smallest absolute Gasteiger partial charge is 0.165 e. The van der Waals surface area contributed by atoms with Crippen molar-refractivity contribution < 1.29 is 14.5 Å². The van der Waals surface area contributed by atoms with Crippen LogP contribution in [0.25, 0.3) is 6.05 Å². The molecule has 13 heavy (non-hydrogen) atoms. The Morgan fingerprint density at radius 3 is 2.31 bits per heavy atom. The Bertz CT molecular complexity index is 343. The maximum atomic E-state index is 12.1. The number of benzene rings is 1. The van der Waals surface area contributed by atoms with E-state index in [2.05, 4.69) is 0 Å². The van der Waals surface area contributed by atoms with Gasteiger partial charge in [0.2, 0.25) is 0 Å². The van der Waals surface area contributed by atoms with Gasteiger partial charge in [0.05, 0.1) is 1.37 Å². The number of alkyl halides is 3. The van der Waals surface area contributed by atoms with Crippen LogP contribution in [0.15, 0.2) is 35.4 Å². The summed E-state index contributed by atoms with van der Waals surface area (Å²) in [5.74, 6) is 0. The lowest BCUT2D eigenvalue weighted by atomic mass is 10.2. The molecule has 0 bridgehead atoms. The number of halogens is 4. The fourth-order valence-electron chi connectivity index (χ4n) is 0.719. The number of hydrogen-bond donors (Lipinski definition) is 0. The summed E-state index contributed by atoms with van der Waals surface area (Å²) in [7, 11) is 0. The summed E-state index contributed by atoms with van der Waals surface area (Å²) < 4.78 is 43.4. The van der Waals surface area contributed by atoms with E-state index in [1.165, 1.54) is 12.1 Å². The van der Waals surface area contributed by atoms with Gasteiger partial charge in [-0.3, -0.25) is 0 Å². The maximum Gasteiger partial charge on any atom is 0.426 e. The van der Waals surface area contributed by atoms with Crippen LogP contribution in [0, 0.1) is 0 Å². The number of rotatable bonds is 1. The van der Waals surface area contributed by atoms with Crippen molar-refractivity contribution >= 4 is 17.7 Å². The molecule has 0 nitrogen and oxygen atoms in total. The van der Waals surface area contributed by atoms with Crippen molar-refractivity contribution in [3.05, 3.63) is 40.9 Å². The van der Waals surface area contributed by atoms with Gasteiger partial charge in [0.25, 0.3) is 0 Å². The van der Waals surface area contributed by atoms with Crippen LogP contribution >= 0.6 is 11.6 Å².